The Morgan fingerprint density at radius 2 is 2.44 bits per heavy atom. The average molecular weight is 218 g/mol. The minimum atomic E-state index is 0.445. The van der Waals surface area contributed by atoms with Gasteiger partial charge in [-0.25, -0.2) is 9.98 Å². The van der Waals surface area contributed by atoms with Crippen LogP contribution in [-0.4, -0.2) is 15.8 Å². The monoisotopic (exact) mass is 218 g/mol. The van der Waals surface area contributed by atoms with E-state index in [1.54, 1.807) is 18.6 Å². The van der Waals surface area contributed by atoms with Gasteiger partial charge in [0.2, 0.25) is 0 Å². The number of nitrogens with zero attached hydrogens (tertiary/aromatic N) is 3. The van der Waals surface area contributed by atoms with Gasteiger partial charge in [0.1, 0.15) is 5.69 Å². The van der Waals surface area contributed by atoms with Crippen molar-refractivity contribution in [1.82, 2.24) is 9.55 Å². The fourth-order valence-corrected chi connectivity index (χ4v) is 1.36. The van der Waals surface area contributed by atoms with Crippen molar-refractivity contribution in [2.24, 2.45) is 10.7 Å². The van der Waals surface area contributed by atoms with Gasteiger partial charge in [0.15, 0.2) is 5.82 Å². The van der Waals surface area contributed by atoms with Crippen molar-refractivity contribution in [3.8, 4) is 0 Å². The molecule has 1 heterocycles. The highest BCUT2D eigenvalue weighted by Gasteiger charge is 2.09. The molecular formula is C12H18N4. The van der Waals surface area contributed by atoms with Crippen LogP contribution in [0.5, 0.6) is 0 Å². The number of aryl methyl sites for hydroxylation is 1. The lowest BCUT2D eigenvalue weighted by atomic mass is 10.3. The Labute approximate surface area is 96.2 Å². The molecule has 1 aromatic rings. The molecule has 0 unspecified atom stereocenters. The Morgan fingerprint density at radius 1 is 1.69 bits per heavy atom. The molecule has 1 rings (SSSR count). The van der Waals surface area contributed by atoms with E-state index >= 15 is 0 Å². The molecule has 0 amide bonds. The summed E-state index contributed by atoms with van der Waals surface area (Å²) in [5.74, 6) is 0.774. The first-order chi connectivity index (χ1) is 7.70. The van der Waals surface area contributed by atoms with Gasteiger partial charge in [0.25, 0.3) is 0 Å². The molecule has 86 valence electrons. The number of aromatic nitrogens is 2. The maximum Gasteiger partial charge on any atom is 0.161 e. The fraction of sp³-hybridized carbons (Fsp3) is 0.333. The zero-order valence-corrected chi connectivity index (χ0v) is 9.69. The first kappa shape index (κ1) is 12.2. The molecule has 0 saturated heterocycles. The summed E-state index contributed by atoms with van der Waals surface area (Å²) in [6.45, 7) is 10.3. The number of hydrogen-bond donors (Lipinski definition) is 1. The van der Waals surface area contributed by atoms with Crippen LogP contribution in [-0.2, 0) is 6.54 Å². The van der Waals surface area contributed by atoms with E-state index in [-0.39, 0.29) is 0 Å². The molecule has 4 heteroatoms. The van der Waals surface area contributed by atoms with E-state index in [1.165, 1.54) is 0 Å². The number of hydrogen-bond acceptors (Lipinski definition) is 3. The van der Waals surface area contributed by atoms with E-state index in [2.05, 4.69) is 30.1 Å². The molecule has 2 N–H and O–H groups in total. The lowest BCUT2D eigenvalue weighted by molar-refractivity contribution is 0.681. The second kappa shape index (κ2) is 5.90. The SMILES string of the molecule is C=CC/C=N\c1c(C(=C)N)ncn1CCC. The number of nitrogens with two attached hydrogens (primary N) is 1. The van der Waals surface area contributed by atoms with E-state index in [0.717, 1.165) is 25.2 Å². The molecule has 0 atom stereocenters. The first-order valence-corrected chi connectivity index (χ1v) is 5.34. The standard InChI is InChI=1S/C12H18N4/c1-4-6-7-14-12-11(10(3)13)15-9-16(12)8-5-2/h4,7,9H,1,3,5-6,8,13H2,2H3/b14-7-. The normalized spacial score (nSPS) is 10.8. The topological polar surface area (TPSA) is 56.2 Å². The lowest BCUT2D eigenvalue weighted by Crippen LogP contribution is -1.97. The molecule has 0 radical (unpaired) electrons. The molecule has 0 bridgehead atoms. The molecule has 0 saturated carbocycles. The van der Waals surface area contributed by atoms with Crippen LogP contribution in [0.4, 0.5) is 5.82 Å². The molecule has 0 fully saturated rings. The summed E-state index contributed by atoms with van der Waals surface area (Å²) in [7, 11) is 0. The largest absolute Gasteiger partial charge is 0.397 e. The molecule has 0 spiro atoms. The summed E-state index contributed by atoms with van der Waals surface area (Å²) in [4.78, 5) is 8.57. The molecule has 0 aromatic carbocycles. The zero-order valence-electron chi connectivity index (χ0n) is 9.69. The van der Waals surface area contributed by atoms with Crippen molar-refractivity contribution in [2.45, 2.75) is 26.3 Å². The molecule has 4 nitrogen and oxygen atoms in total. The van der Waals surface area contributed by atoms with Gasteiger partial charge in [-0.2, -0.15) is 0 Å². The molecular weight excluding hydrogens is 200 g/mol. The highest BCUT2D eigenvalue weighted by atomic mass is 15.1. The quantitative estimate of drug-likeness (QED) is 0.589. The van der Waals surface area contributed by atoms with Gasteiger partial charge in [0, 0.05) is 19.2 Å². The van der Waals surface area contributed by atoms with Gasteiger partial charge in [-0.05, 0) is 6.42 Å². The van der Waals surface area contributed by atoms with Crippen molar-refractivity contribution >= 4 is 17.7 Å². The minimum Gasteiger partial charge on any atom is -0.397 e. The highest BCUT2D eigenvalue weighted by Crippen LogP contribution is 2.22. The summed E-state index contributed by atoms with van der Waals surface area (Å²) in [6.07, 6.45) is 7.09. The maximum absolute atomic E-state index is 5.66. The predicted octanol–water partition coefficient (Wildman–Crippen LogP) is 2.50. The van der Waals surface area contributed by atoms with Crippen LogP contribution in [0.2, 0.25) is 0 Å². The maximum atomic E-state index is 5.66. The summed E-state index contributed by atoms with van der Waals surface area (Å²) >= 11 is 0. The number of imidazole rings is 1. The molecule has 0 aliphatic rings. The second-order valence-corrected chi connectivity index (χ2v) is 3.47. The Hall–Kier alpha value is -1.84. The molecule has 0 aliphatic carbocycles. The van der Waals surface area contributed by atoms with Gasteiger partial charge in [-0.3, -0.25) is 0 Å². The van der Waals surface area contributed by atoms with Crippen molar-refractivity contribution < 1.29 is 0 Å². The average Bonchev–Trinajstić information content (AvgIpc) is 2.63. The van der Waals surface area contributed by atoms with Gasteiger partial charge in [-0.15, -0.1) is 6.58 Å². The number of aliphatic imine (C=N–C) groups is 1. The lowest BCUT2D eigenvalue weighted by Gasteiger charge is -2.03. The summed E-state index contributed by atoms with van der Waals surface area (Å²) in [6, 6.07) is 0. The Bertz CT molecular complexity index is 401. The van der Waals surface area contributed by atoms with Crippen LogP contribution in [0.1, 0.15) is 25.5 Å². The molecule has 1 aromatic heterocycles. The third-order valence-corrected chi connectivity index (χ3v) is 2.06. The zero-order chi connectivity index (χ0) is 12.0. The second-order valence-electron chi connectivity index (χ2n) is 3.47. The van der Waals surface area contributed by atoms with Crippen LogP contribution in [0.15, 0.2) is 30.6 Å². The Balaban J connectivity index is 3.03. The minimum absolute atomic E-state index is 0.445. The predicted molar refractivity (Wildman–Crippen MR) is 68.7 cm³/mol. The molecule has 0 aliphatic heterocycles. The van der Waals surface area contributed by atoms with E-state index < -0.39 is 0 Å². The molecule has 16 heavy (non-hydrogen) atoms. The summed E-state index contributed by atoms with van der Waals surface area (Å²) < 4.78 is 1.98. The fourth-order valence-electron chi connectivity index (χ4n) is 1.36. The summed E-state index contributed by atoms with van der Waals surface area (Å²) in [5.41, 5.74) is 6.77. The van der Waals surface area contributed by atoms with Crippen LogP contribution in [0.3, 0.4) is 0 Å². The van der Waals surface area contributed by atoms with Gasteiger partial charge < -0.3 is 10.3 Å². The van der Waals surface area contributed by atoms with Gasteiger partial charge >= 0.3 is 0 Å². The van der Waals surface area contributed by atoms with Crippen molar-refractivity contribution in [1.29, 1.82) is 0 Å². The van der Waals surface area contributed by atoms with Crippen molar-refractivity contribution in [3.63, 3.8) is 0 Å². The van der Waals surface area contributed by atoms with Crippen LogP contribution in [0.25, 0.3) is 5.70 Å². The van der Waals surface area contributed by atoms with E-state index in [1.807, 2.05) is 4.57 Å². The van der Waals surface area contributed by atoms with E-state index in [4.69, 9.17) is 5.73 Å². The Morgan fingerprint density at radius 3 is 3.00 bits per heavy atom. The van der Waals surface area contributed by atoms with Crippen molar-refractivity contribution in [3.05, 3.63) is 31.3 Å². The third kappa shape index (κ3) is 2.82. The third-order valence-electron chi connectivity index (χ3n) is 2.06. The first-order valence-electron chi connectivity index (χ1n) is 5.34. The number of rotatable bonds is 6. The Kier molecular flexibility index (Phi) is 4.51. The van der Waals surface area contributed by atoms with Crippen LogP contribution in [0, 0.1) is 0 Å². The van der Waals surface area contributed by atoms with E-state index in [0.29, 0.717) is 11.4 Å². The van der Waals surface area contributed by atoms with Crippen LogP contribution < -0.4 is 5.73 Å². The van der Waals surface area contributed by atoms with Gasteiger partial charge in [-0.1, -0.05) is 19.6 Å². The van der Waals surface area contributed by atoms with Crippen molar-refractivity contribution in [2.75, 3.05) is 0 Å². The number of allylic oxidation sites excluding steroid dienone is 1. The van der Waals surface area contributed by atoms with Gasteiger partial charge in [0.05, 0.1) is 12.0 Å². The smallest absolute Gasteiger partial charge is 0.161 e. The van der Waals surface area contributed by atoms with Crippen LogP contribution >= 0.6 is 0 Å². The van der Waals surface area contributed by atoms with E-state index in [9.17, 15) is 0 Å². The highest BCUT2D eigenvalue weighted by molar-refractivity contribution is 5.71. The summed E-state index contributed by atoms with van der Waals surface area (Å²) in [5, 5.41) is 0.